The van der Waals surface area contributed by atoms with E-state index < -0.39 is 6.29 Å². The van der Waals surface area contributed by atoms with E-state index in [1.807, 2.05) is 0 Å². The minimum Gasteiger partial charge on any atom is -0.395 e. The molecule has 2 N–H and O–H groups in total. The predicted molar refractivity (Wildman–Crippen MR) is 68.5 cm³/mol. The lowest BCUT2D eigenvalue weighted by Crippen LogP contribution is -2.25. The van der Waals surface area contributed by atoms with Crippen LogP contribution in [0.25, 0.3) is 0 Å². The molecule has 0 saturated heterocycles. The summed E-state index contributed by atoms with van der Waals surface area (Å²) in [7, 11) is 0. The molecule has 0 unspecified atom stereocenters. The second-order valence-electron chi connectivity index (χ2n) is 3.85. The molecule has 2 heterocycles. The maximum absolute atomic E-state index is 12.9. The number of rotatable bonds is 2. The summed E-state index contributed by atoms with van der Waals surface area (Å²) >= 11 is 3.07. The molecule has 1 aliphatic heterocycles. The number of benzene rings is 1. The fourth-order valence-electron chi connectivity index (χ4n) is 1.63. The lowest BCUT2D eigenvalue weighted by molar-refractivity contribution is -0.286. The molecule has 0 saturated carbocycles. The average Bonchev–Trinajstić information content (AvgIpc) is 2.68. The first-order valence-electron chi connectivity index (χ1n) is 5.35. The van der Waals surface area contributed by atoms with Gasteiger partial charge in [0.15, 0.2) is 17.3 Å². The Bertz CT molecular complexity index is 735. The van der Waals surface area contributed by atoms with E-state index in [2.05, 4.69) is 40.7 Å². The number of ether oxygens (including phenoxy) is 2. The fraction of sp³-hybridized carbons (Fsp3) is 0.0909. The van der Waals surface area contributed by atoms with Gasteiger partial charge in [-0.1, -0.05) is 0 Å². The third-order valence-corrected chi connectivity index (χ3v) is 3.20. The molecule has 0 bridgehead atoms. The second kappa shape index (κ2) is 4.44. The standard InChI is InChI=1S/C11H6BrF2N3O3/c12-8-9(15-4-16-10(8)18)17-5-1-2-6-7(3-5)20-11(13,14)19-6/h1-4H,(H2,15,16,17,18). The van der Waals surface area contributed by atoms with Crippen LogP contribution < -0.4 is 20.3 Å². The topological polar surface area (TPSA) is 76.2 Å². The van der Waals surface area contributed by atoms with Crippen LogP contribution in [0.3, 0.4) is 0 Å². The van der Waals surface area contributed by atoms with Gasteiger partial charge in [-0.2, -0.15) is 0 Å². The molecule has 0 spiro atoms. The molecule has 0 atom stereocenters. The highest BCUT2D eigenvalue weighted by molar-refractivity contribution is 9.10. The number of H-pyrrole nitrogens is 1. The molecular formula is C11H6BrF2N3O3. The van der Waals surface area contributed by atoms with Crippen molar-refractivity contribution in [2.24, 2.45) is 0 Å². The normalized spacial score (nSPS) is 15.2. The number of anilines is 2. The van der Waals surface area contributed by atoms with Crippen LogP contribution in [0.4, 0.5) is 20.3 Å². The molecule has 6 nitrogen and oxygen atoms in total. The van der Waals surface area contributed by atoms with Crippen molar-refractivity contribution >= 4 is 27.4 Å². The lowest BCUT2D eigenvalue weighted by Gasteiger charge is -2.07. The van der Waals surface area contributed by atoms with E-state index in [0.29, 0.717) is 5.69 Å². The van der Waals surface area contributed by atoms with Gasteiger partial charge in [-0.15, -0.1) is 8.78 Å². The summed E-state index contributed by atoms with van der Waals surface area (Å²) < 4.78 is 34.6. The van der Waals surface area contributed by atoms with Crippen LogP contribution in [0, 0.1) is 0 Å². The molecule has 0 radical (unpaired) electrons. The maximum Gasteiger partial charge on any atom is 0.586 e. The van der Waals surface area contributed by atoms with E-state index in [9.17, 15) is 13.6 Å². The summed E-state index contributed by atoms with van der Waals surface area (Å²) in [6.07, 6.45) is -2.44. The second-order valence-corrected chi connectivity index (χ2v) is 4.64. The molecule has 1 aromatic heterocycles. The smallest absolute Gasteiger partial charge is 0.395 e. The van der Waals surface area contributed by atoms with E-state index >= 15 is 0 Å². The summed E-state index contributed by atoms with van der Waals surface area (Å²) in [5.74, 6) is 0.0961. The zero-order valence-corrected chi connectivity index (χ0v) is 11.2. The molecular weight excluding hydrogens is 340 g/mol. The summed E-state index contributed by atoms with van der Waals surface area (Å²) in [5, 5.41) is 2.81. The fourth-order valence-corrected chi connectivity index (χ4v) is 1.95. The average molecular weight is 346 g/mol. The Morgan fingerprint density at radius 1 is 1.30 bits per heavy atom. The number of nitrogens with zero attached hydrogens (tertiary/aromatic N) is 1. The van der Waals surface area contributed by atoms with Crippen LogP contribution in [0.2, 0.25) is 0 Å². The van der Waals surface area contributed by atoms with Crippen molar-refractivity contribution in [2.45, 2.75) is 6.29 Å². The molecule has 104 valence electrons. The van der Waals surface area contributed by atoms with Crippen molar-refractivity contribution in [1.29, 1.82) is 0 Å². The highest BCUT2D eigenvalue weighted by Crippen LogP contribution is 2.42. The number of hydrogen-bond acceptors (Lipinski definition) is 5. The maximum atomic E-state index is 12.9. The van der Waals surface area contributed by atoms with Crippen molar-refractivity contribution in [3.63, 3.8) is 0 Å². The van der Waals surface area contributed by atoms with Crippen molar-refractivity contribution in [3.05, 3.63) is 39.4 Å². The van der Waals surface area contributed by atoms with Crippen LogP contribution in [0.15, 0.2) is 33.8 Å². The predicted octanol–water partition coefficient (Wildman–Crippen LogP) is 2.60. The highest BCUT2D eigenvalue weighted by atomic mass is 79.9. The zero-order chi connectivity index (χ0) is 14.3. The molecule has 2 aromatic rings. The molecule has 1 aliphatic rings. The number of alkyl halides is 2. The van der Waals surface area contributed by atoms with Crippen LogP contribution in [-0.4, -0.2) is 16.3 Å². The first kappa shape index (κ1) is 12.9. The first-order chi connectivity index (χ1) is 9.44. The van der Waals surface area contributed by atoms with E-state index in [1.54, 1.807) is 0 Å². The largest absolute Gasteiger partial charge is 0.586 e. The van der Waals surface area contributed by atoms with Crippen molar-refractivity contribution in [3.8, 4) is 11.5 Å². The number of fused-ring (bicyclic) bond motifs is 1. The van der Waals surface area contributed by atoms with Gasteiger partial charge in [-0.3, -0.25) is 4.79 Å². The molecule has 0 aliphatic carbocycles. The van der Waals surface area contributed by atoms with E-state index in [1.165, 1.54) is 24.5 Å². The first-order valence-corrected chi connectivity index (χ1v) is 6.14. The van der Waals surface area contributed by atoms with Gasteiger partial charge >= 0.3 is 6.29 Å². The molecule has 0 amide bonds. The van der Waals surface area contributed by atoms with E-state index in [-0.39, 0.29) is 27.3 Å². The van der Waals surface area contributed by atoms with E-state index in [0.717, 1.165) is 0 Å². The third-order valence-electron chi connectivity index (χ3n) is 2.46. The Morgan fingerprint density at radius 2 is 2.05 bits per heavy atom. The van der Waals surface area contributed by atoms with Crippen LogP contribution in [0.5, 0.6) is 11.5 Å². The van der Waals surface area contributed by atoms with Gasteiger partial charge in [0.05, 0.1) is 6.33 Å². The summed E-state index contributed by atoms with van der Waals surface area (Å²) in [4.78, 5) is 17.7. The van der Waals surface area contributed by atoms with Crippen molar-refractivity contribution in [1.82, 2.24) is 9.97 Å². The Morgan fingerprint density at radius 3 is 2.85 bits per heavy atom. The third kappa shape index (κ3) is 2.31. The van der Waals surface area contributed by atoms with Gasteiger partial charge < -0.3 is 19.8 Å². The minimum atomic E-state index is -3.66. The Labute approximate surface area is 118 Å². The molecule has 9 heteroatoms. The number of halogens is 3. The number of aromatic nitrogens is 2. The van der Waals surface area contributed by atoms with Gasteiger partial charge in [-0.05, 0) is 28.1 Å². The van der Waals surface area contributed by atoms with Crippen molar-refractivity contribution < 1.29 is 18.3 Å². The Balaban J connectivity index is 1.90. The Hall–Kier alpha value is -2.16. The van der Waals surface area contributed by atoms with Gasteiger partial charge in [0.1, 0.15) is 4.47 Å². The van der Waals surface area contributed by atoms with Gasteiger partial charge in [0, 0.05) is 11.8 Å². The number of hydrogen-bond donors (Lipinski definition) is 2. The van der Waals surface area contributed by atoms with Crippen molar-refractivity contribution in [2.75, 3.05) is 5.32 Å². The number of aromatic amines is 1. The summed E-state index contributed by atoms with van der Waals surface area (Å²) in [6, 6.07) is 4.16. The Kier molecular flexibility index (Phi) is 2.85. The summed E-state index contributed by atoms with van der Waals surface area (Å²) in [5.41, 5.74) is 0.0543. The SMILES string of the molecule is O=c1[nH]cnc(Nc2ccc3c(c2)OC(F)(F)O3)c1Br. The minimum absolute atomic E-state index is 0.0570. The van der Waals surface area contributed by atoms with Crippen LogP contribution in [-0.2, 0) is 0 Å². The highest BCUT2D eigenvalue weighted by Gasteiger charge is 2.43. The summed E-state index contributed by atoms with van der Waals surface area (Å²) in [6.45, 7) is 0. The van der Waals surface area contributed by atoms with Gasteiger partial charge in [0.2, 0.25) is 0 Å². The quantitative estimate of drug-likeness (QED) is 0.874. The molecule has 1 aromatic carbocycles. The molecule has 20 heavy (non-hydrogen) atoms. The van der Waals surface area contributed by atoms with Crippen LogP contribution in [0.1, 0.15) is 0 Å². The van der Waals surface area contributed by atoms with Gasteiger partial charge in [0.25, 0.3) is 5.56 Å². The molecule has 3 rings (SSSR count). The zero-order valence-electron chi connectivity index (χ0n) is 9.62. The van der Waals surface area contributed by atoms with E-state index in [4.69, 9.17) is 0 Å². The molecule has 0 fully saturated rings. The lowest BCUT2D eigenvalue weighted by atomic mass is 10.3. The number of nitrogens with one attached hydrogen (secondary N) is 2. The monoisotopic (exact) mass is 345 g/mol. The van der Waals surface area contributed by atoms with Crippen LogP contribution >= 0.6 is 15.9 Å². The van der Waals surface area contributed by atoms with Gasteiger partial charge in [-0.25, -0.2) is 4.98 Å².